The minimum atomic E-state index is 0.594. The van der Waals surface area contributed by atoms with E-state index in [2.05, 4.69) is 170 Å². The second-order valence-electron chi connectivity index (χ2n) is 15.9. The van der Waals surface area contributed by atoms with Crippen LogP contribution in [0.4, 0.5) is 0 Å². The molecule has 0 bridgehead atoms. The standard InChI is InChI=1S/C57H33N3OS/c1-3-13-34(14-4-1)36-25-29-45-52(33-36)62-51-24-12-21-39(54(45)51)37-27-30-49-48(31-37)53-46(22-11-23-50(53)61-49)57-59-55(35-15-5-2-6-16-35)58-56(60-57)38-26-28-44-42-19-8-7-17-40(42)41-18-9-10-20-43(41)47(44)32-38/h1-33H. The lowest BCUT2D eigenvalue weighted by Gasteiger charge is -2.13. The molecule has 13 rings (SSSR count). The molecule has 0 aliphatic rings. The monoisotopic (exact) mass is 807 g/mol. The smallest absolute Gasteiger partial charge is 0.164 e. The molecule has 3 heterocycles. The van der Waals surface area contributed by atoms with Gasteiger partial charge in [-0.2, -0.15) is 0 Å². The molecule has 0 fully saturated rings. The van der Waals surface area contributed by atoms with Gasteiger partial charge in [-0.15, -0.1) is 11.3 Å². The van der Waals surface area contributed by atoms with Crippen LogP contribution in [-0.2, 0) is 0 Å². The third-order valence-corrected chi connectivity index (χ3v) is 13.4. The molecule has 10 aromatic carbocycles. The SMILES string of the molecule is c1ccc(-c2ccc3c(c2)sc2cccc(-c4ccc5oc6cccc(-c7nc(-c8ccccc8)nc(-c8ccc9c%10ccccc%10c%10ccccc%10c9c8)n7)c6c5c4)c23)cc1. The van der Waals surface area contributed by atoms with Gasteiger partial charge < -0.3 is 4.42 Å². The largest absolute Gasteiger partial charge is 0.456 e. The fraction of sp³-hybridized carbons (Fsp3) is 0. The molecule has 3 aromatic heterocycles. The van der Waals surface area contributed by atoms with Gasteiger partial charge in [-0.3, -0.25) is 0 Å². The highest BCUT2D eigenvalue weighted by atomic mass is 32.1. The van der Waals surface area contributed by atoms with E-state index < -0.39 is 0 Å². The van der Waals surface area contributed by atoms with E-state index in [0.717, 1.165) is 44.2 Å². The fourth-order valence-corrected chi connectivity index (χ4v) is 10.6. The second-order valence-corrected chi connectivity index (χ2v) is 17.0. The summed E-state index contributed by atoms with van der Waals surface area (Å²) >= 11 is 1.85. The molecule has 13 aromatic rings. The molecule has 0 saturated carbocycles. The van der Waals surface area contributed by atoms with Crippen LogP contribution in [0.1, 0.15) is 0 Å². The van der Waals surface area contributed by atoms with Crippen molar-refractivity contribution < 1.29 is 4.42 Å². The van der Waals surface area contributed by atoms with Crippen LogP contribution in [0.2, 0.25) is 0 Å². The van der Waals surface area contributed by atoms with Crippen LogP contribution in [-0.4, -0.2) is 15.0 Å². The summed E-state index contributed by atoms with van der Waals surface area (Å²) in [5.74, 6) is 1.83. The number of hydrogen-bond acceptors (Lipinski definition) is 5. The number of furan rings is 1. The maximum absolute atomic E-state index is 6.59. The number of aromatic nitrogens is 3. The molecule has 0 saturated heterocycles. The van der Waals surface area contributed by atoms with E-state index >= 15 is 0 Å². The summed E-state index contributed by atoms with van der Waals surface area (Å²) in [4.78, 5) is 15.7. The van der Waals surface area contributed by atoms with Gasteiger partial charge in [-0.1, -0.05) is 164 Å². The molecular formula is C57H33N3OS. The molecule has 62 heavy (non-hydrogen) atoms. The number of thiophene rings is 1. The third-order valence-electron chi connectivity index (χ3n) is 12.3. The van der Waals surface area contributed by atoms with Crippen molar-refractivity contribution in [2.45, 2.75) is 0 Å². The van der Waals surface area contributed by atoms with Gasteiger partial charge in [0.1, 0.15) is 11.2 Å². The van der Waals surface area contributed by atoms with Crippen molar-refractivity contribution in [3.63, 3.8) is 0 Å². The van der Waals surface area contributed by atoms with Crippen LogP contribution >= 0.6 is 11.3 Å². The van der Waals surface area contributed by atoms with Crippen molar-refractivity contribution in [2.24, 2.45) is 0 Å². The molecule has 0 amide bonds. The minimum Gasteiger partial charge on any atom is -0.456 e. The predicted octanol–water partition coefficient (Wildman–Crippen LogP) is 15.9. The summed E-state index contributed by atoms with van der Waals surface area (Å²) < 4.78 is 9.13. The Morgan fingerprint density at radius 3 is 1.61 bits per heavy atom. The molecule has 5 heteroatoms. The molecule has 0 aliphatic heterocycles. The van der Waals surface area contributed by atoms with E-state index in [4.69, 9.17) is 19.4 Å². The Balaban J connectivity index is 1.000. The first-order valence-corrected chi connectivity index (χ1v) is 21.7. The van der Waals surface area contributed by atoms with Gasteiger partial charge in [0.25, 0.3) is 0 Å². The van der Waals surface area contributed by atoms with E-state index in [-0.39, 0.29) is 0 Å². The van der Waals surface area contributed by atoms with Gasteiger partial charge in [-0.25, -0.2) is 15.0 Å². The number of nitrogens with zero attached hydrogens (tertiary/aromatic N) is 3. The Kier molecular flexibility index (Phi) is 7.74. The lowest BCUT2D eigenvalue weighted by Crippen LogP contribution is -2.00. The number of hydrogen-bond donors (Lipinski definition) is 0. The average molecular weight is 808 g/mol. The summed E-state index contributed by atoms with van der Waals surface area (Å²) in [6.45, 7) is 0. The molecule has 0 spiro atoms. The summed E-state index contributed by atoms with van der Waals surface area (Å²) in [6.07, 6.45) is 0. The van der Waals surface area contributed by atoms with Crippen LogP contribution in [0, 0.1) is 0 Å². The van der Waals surface area contributed by atoms with Crippen molar-refractivity contribution in [2.75, 3.05) is 0 Å². The predicted molar refractivity (Wildman–Crippen MR) is 260 cm³/mol. The van der Waals surface area contributed by atoms with Gasteiger partial charge >= 0.3 is 0 Å². The molecular weight excluding hydrogens is 775 g/mol. The molecule has 288 valence electrons. The Labute approximate surface area is 360 Å². The first-order valence-electron chi connectivity index (χ1n) is 20.8. The first-order chi connectivity index (χ1) is 30.7. The molecule has 0 aliphatic carbocycles. The number of benzene rings is 10. The van der Waals surface area contributed by atoms with Crippen LogP contribution in [0.15, 0.2) is 205 Å². The Morgan fingerprint density at radius 1 is 0.290 bits per heavy atom. The summed E-state index contributed by atoms with van der Waals surface area (Å²) in [7, 11) is 0. The van der Waals surface area contributed by atoms with E-state index in [1.165, 1.54) is 69.2 Å². The molecule has 0 unspecified atom stereocenters. The molecule has 0 N–H and O–H groups in total. The topological polar surface area (TPSA) is 51.8 Å². The lowest BCUT2D eigenvalue weighted by molar-refractivity contribution is 0.669. The van der Waals surface area contributed by atoms with Crippen LogP contribution < -0.4 is 0 Å². The zero-order chi connectivity index (χ0) is 40.7. The highest BCUT2D eigenvalue weighted by Crippen LogP contribution is 2.44. The minimum absolute atomic E-state index is 0.594. The summed E-state index contributed by atoms with van der Waals surface area (Å²) in [6, 6.07) is 70.9. The first kappa shape index (κ1) is 34.8. The lowest BCUT2D eigenvalue weighted by atomic mass is 9.93. The van der Waals surface area contributed by atoms with Crippen molar-refractivity contribution in [3.8, 4) is 56.4 Å². The molecule has 0 atom stereocenters. The third kappa shape index (κ3) is 5.49. The van der Waals surface area contributed by atoms with Crippen molar-refractivity contribution >= 4 is 85.8 Å². The van der Waals surface area contributed by atoms with Crippen LogP contribution in [0.3, 0.4) is 0 Å². The highest BCUT2D eigenvalue weighted by Gasteiger charge is 2.20. The Hall–Kier alpha value is -7.99. The zero-order valence-corrected chi connectivity index (χ0v) is 34.0. The van der Waals surface area contributed by atoms with Crippen LogP contribution in [0.5, 0.6) is 0 Å². The van der Waals surface area contributed by atoms with E-state index in [9.17, 15) is 0 Å². The van der Waals surface area contributed by atoms with Gasteiger partial charge in [0.05, 0.1) is 0 Å². The fourth-order valence-electron chi connectivity index (χ4n) is 9.45. The quantitative estimate of drug-likeness (QED) is 0.163. The summed E-state index contributed by atoms with van der Waals surface area (Å²) in [5.41, 5.74) is 9.12. The Bertz CT molecular complexity index is 3890. The van der Waals surface area contributed by atoms with Crippen molar-refractivity contribution in [1.29, 1.82) is 0 Å². The molecule has 4 nitrogen and oxygen atoms in total. The number of fused-ring (bicyclic) bond motifs is 12. The average Bonchev–Trinajstić information content (AvgIpc) is 3.92. The maximum Gasteiger partial charge on any atom is 0.164 e. The van der Waals surface area contributed by atoms with Crippen LogP contribution in [0.25, 0.3) is 131 Å². The highest BCUT2D eigenvalue weighted by molar-refractivity contribution is 7.26. The molecule has 0 radical (unpaired) electrons. The van der Waals surface area contributed by atoms with Gasteiger partial charge in [0.2, 0.25) is 0 Å². The Morgan fingerprint density at radius 2 is 0.855 bits per heavy atom. The van der Waals surface area contributed by atoms with E-state index in [1.54, 1.807) is 0 Å². The zero-order valence-electron chi connectivity index (χ0n) is 33.2. The van der Waals surface area contributed by atoms with Gasteiger partial charge in [-0.05, 0) is 91.0 Å². The maximum atomic E-state index is 6.59. The van der Waals surface area contributed by atoms with Crippen molar-refractivity contribution in [1.82, 2.24) is 15.0 Å². The van der Waals surface area contributed by atoms with E-state index in [0.29, 0.717) is 17.5 Å². The normalized spacial score (nSPS) is 11.9. The number of rotatable bonds is 5. The van der Waals surface area contributed by atoms with E-state index in [1.807, 2.05) is 41.7 Å². The summed E-state index contributed by atoms with van der Waals surface area (Å²) in [5, 5.41) is 11.8. The van der Waals surface area contributed by atoms with Crippen molar-refractivity contribution in [3.05, 3.63) is 200 Å². The second kappa shape index (κ2) is 13.8. The van der Waals surface area contributed by atoms with Gasteiger partial charge in [0, 0.05) is 47.6 Å². The van der Waals surface area contributed by atoms with Gasteiger partial charge in [0.15, 0.2) is 17.5 Å².